The van der Waals surface area contributed by atoms with Crippen molar-refractivity contribution in [1.82, 2.24) is 30.0 Å². The van der Waals surface area contributed by atoms with Gasteiger partial charge in [-0.1, -0.05) is 42.4 Å². The predicted molar refractivity (Wildman–Crippen MR) is 104 cm³/mol. The molecular weight excluding hydrogens is 372 g/mol. The van der Waals surface area contributed by atoms with Crippen molar-refractivity contribution in [1.29, 1.82) is 0 Å². The molecule has 1 aliphatic rings. The van der Waals surface area contributed by atoms with Crippen LogP contribution in [0.5, 0.6) is 5.75 Å². The molecule has 1 fully saturated rings. The van der Waals surface area contributed by atoms with Gasteiger partial charge in [-0.05, 0) is 25.5 Å². The Bertz CT molecular complexity index is 968. The van der Waals surface area contributed by atoms with Crippen molar-refractivity contribution in [2.24, 2.45) is 0 Å². The van der Waals surface area contributed by atoms with E-state index in [1.807, 2.05) is 49.1 Å². The molecule has 0 spiro atoms. The summed E-state index contributed by atoms with van der Waals surface area (Å²) in [4.78, 5) is 18.9. The fraction of sp³-hybridized carbons (Fsp3) is 0.450. The van der Waals surface area contributed by atoms with Gasteiger partial charge >= 0.3 is 0 Å². The quantitative estimate of drug-likeness (QED) is 0.631. The zero-order valence-corrected chi connectivity index (χ0v) is 16.7. The SMILES string of the molecule is CC(C)c1noc(-c2cn([C@H]3CCN(C(=O)[C@@H](C)Oc4ccccc4)C3)nn2)n1. The van der Waals surface area contributed by atoms with E-state index in [1.54, 1.807) is 17.8 Å². The fourth-order valence-electron chi connectivity index (χ4n) is 3.30. The molecule has 29 heavy (non-hydrogen) atoms. The summed E-state index contributed by atoms with van der Waals surface area (Å²) in [6.45, 7) is 6.98. The average molecular weight is 396 g/mol. The topological polar surface area (TPSA) is 99.2 Å². The molecule has 1 amide bonds. The van der Waals surface area contributed by atoms with Gasteiger partial charge < -0.3 is 14.2 Å². The lowest BCUT2D eigenvalue weighted by Gasteiger charge is -2.21. The molecule has 2 aromatic heterocycles. The maximum atomic E-state index is 12.7. The number of rotatable bonds is 6. The number of nitrogens with zero attached hydrogens (tertiary/aromatic N) is 6. The third-order valence-electron chi connectivity index (χ3n) is 4.94. The normalized spacial score (nSPS) is 17.7. The Balaban J connectivity index is 1.38. The number of carbonyl (C=O) groups is 1. The van der Waals surface area contributed by atoms with E-state index in [0.29, 0.717) is 36.2 Å². The van der Waals surface area contributed by atoms with E-state index in [4.69, 9.17) is 9.26 Å². The van der Waals surface area contributed by atoms with E-state index in [0.717, 1.165) is 6.42 Å². The second kappa shape index (κ2) is 8.02. The summed E-state index contributed by atoms with van der Waals surface area (Å²) in [7, 11) is 0. The van der Waals surface area contributed by atoms with Crippen LogP contribution in [0.15, 0.2) is 41.1 Å². The molecule has 0 aliphatic carbocycles. The molecule has 1 saturated heterocycles. The van der Waals surface area contributed by atoms with Crippen LogP contribution in [0.2, 0.25) is 0 Å². The summed E-state index contributed by atoms with van der Waals surface area (Å²) in [5, 5.41) is 12.3. The second-order valence-corrected chi connectivity index (χ2v) is 7.50. The van der Waals surface area contributed by atoms with Gasteiger partial charge in [-0.15, -0.1) is 5.10 Å². The molecular formula is C20H24N6O3. The van der Waals surface area contributed by atoms with E-state index in [2.05, 4.69) is 20.5 Å². The fourth-order valence-corrected chi connectivity index (χ4v) is 3.30. The highest BCUT2D eigenvalue weighted by Gasteiger charge is 2.31. The van der Waals surface area contributed by atoms with Crippen LogP contribution in [0.3, 0.4) is 0 Å². The van der Waals surface area contributed by atoms with E-state index in [-0.39, 0.29) is 17.9 Å². The van der Waals surface area contributed by atoms with E-state index < -0.39 is 6.10 Å². The number of likely N-dealkylation sites (tertiary alicyclic amines) is 1. The minimum absolute atomic E-state index is 0.0323. The van der Waals surface area contributed by atoms with Crippen LogP contribution >= 0.6 is 0 Å². The third kappa shape index (κ3) is 4.13. The maximum absolute atomic E-state index is 12.7. The molecule has 9 heteroatoms. The molecule has 2 atom stereocenters. The minimum atomic E-state index is -0.546. The first-order valence-corrected chi connectivity index (χ1v) is 9.77. The van der Waals surface area contributed by atoms with Crippen LogP contribution < -0.4 is 4.74 Å². The molecule has 9 nitrogen and oxygen atoms in total. The maximum Gasteiger partial charge on any atom is 0.280 e. The number of ether oxygens (including phenoxy) is 1. The Morgan fingerprint density at radius 2 is 2.03 bits per heavy atom. The molecule has 0 saturated carbocycles. The second-order valence-electron chi connectivity index (χ2n) is 7.50. The Morgan fingerprint density at radius 3 is 2.76 bits per heavy atom. The van der Waals surface area contributed by atoms with Crippen LogP contribution in [0.1, 0.15) is 45.0 Å². The van der Waals surface area contributed by atoms with Gasteiger partial charge in [0, 0.05) is 19.0 Å². The zero-order valence-electron chi connectivity index (χ0n) is 16.7. The van der Waals surface area contributed by atoms with E-state index in [1.165, 1.54) is 0 Å². The van der Waals surface area contributed by atoms with Crippen molar-refractivity contribution in [2.75, 3.05) is 13.1 Å². The summed E-state index contributed by atoms with van der Waals surface area (Å²) in [5.74, 6) is 1.83. The molecule has 1 aromatic carbocycles. The minimum Gasteiger partial charge on any atom is -0.481 e. The number of carbonyl (C=O) groups excluding carboxylic acids is 1. The van der Waals surface area contributed by atoms with Crippen molar-refractivity contribution in [3.63, 3.8) is 0 Å². The first-order valence-electron chi connectivity index (χ1n) is 9.77. The molecule has 0 unspecified atom stereocenters. The van der Waals surface area contributed by atoms with Gasteiger partial charge in [-0.2, -0.15) is 4.98 Å². The average Bonchev–Trinajstić information content (AvgIpc) is 3.47. The van der Waals surface area contributed by atoms with Crippen molar-refractivity contribution >= 4 is 5.91 Å². The Kier molecular flexibility index (Phi) is 5.28. The lowest BCUT2D eigenvalue weighted by atomic mass is 10.2. The monoisotopic (exact) mass is 396 g/mol. The van der Waals surface area contributed by atoms with Gasteiger partial charge in [0.15, 0.2) is 17.6 Å². The number of amides is 1. The number of hydrogen-bond donors (Lipinski definition) is 0. The number of benzene rings is 1. The van der Waals surface area contributed by atoms with E-state index in [9.17, 15) is 4.79 Å². The largest absolute Gasteiger partial charge is 0.481 e. The van der Waals surface area contributed by atoms with Gasteiger partial charge in [0.1, 0.15) is 5.75 Å². The summed E-state index contributed by atoms with van der Waals surface area (Å²) < 4.78 is 12.8. The number of para-hydroxylation sites is 1. The van der Waals surface area contributed by atoms with Crippen LogP contribution in [-0.2, 0) is 4.79 Å². The summed E-state index contributed by atoms with van der Waals surface area (Å²) in [6.07, 6.45) is 2.05. The predicted octanol–water partition coefficient (Wildman–Crippen LogP) is 2.69. The van der Waals surface area contributed by atoms with Crippen LogP contribution in [0, 0.1) is 0 Å². The number of hydrogen-bond acceptors (Lipinski definition) is 7. The van der Waals surface area contributed by atoms with Crippen LogP contribution in [0.4, 0.5) is 0 Å². The molecule has 3 aromatic rings. The van der Waals surface area contributed by atoms with Crippen molar-refractivity contribution in [3.8, 4) is 17.3 Å². The molecule has 152 valence electrons. The van der Waals surface area contributed by atoms with Crippen LogP contribution in [-0.4, -0.2) is 55.1 Å². The Labute approximate surface area is 168 Å². The van der Waals surface area contributed by atoms with E-state index >= 15 is 0 Å². The highest BCUT2D eigenvalue weighted by Crippen LogP contribution is 2.24. The first-order chi connectivity index (χ1) is 14.0. The summed E-state index contributed by atoms with van der Waals surface area (Å²) >= 11 is 0. The zero-order chi connectivity index (χ0) is 20.4. The smallest absolute Gasteiger partial charge is 0.280 e. The Morgan fingerprint density at radius 1 is 1.24 bits per heavy atom. The van der Waals surface area contributed by atoms with Crippen molar-refractivity contribution in [3.05, 3.63) is 42.4 Å². The highest BCUT2D eigenvalue weighted by molar-refractivity contribution is 5.81. The molecule has 0 radical (unpaired) electrons. The van der Waals surface area contributed by atoms with Gasteiger partial charge in [0.25, 0.3) is 11.8 Å². The summed E-state index contributed by atoms with van der Waals surface area (Å²) in [6, 6.07) is 9.42. The van der Waals surface area contributed by atoms with Crippen molar-refractivity contribution in [2.45, 2.75) is 45.3 Å². The lowest BCUT2D eigenvalue weighted by molar-refractivity contribution is -0.136. The van der Waals surface area contributed by atoms with Gasteiger partial charge in [0.2, 0.25) is 0 Å². The molecule has 4 rings (SSSR count). The summed E-state index contributed by atoms with van der Waals surface area (Å²) in [5.41, 5.74) is 0.537. The van der Waals surface area contributed by atoms with Crippen LogP contribution in [0.25, 0.3) is 11.6 Å². The molecule has 0 N–H and O–H groups in total. The third-order valence-corrected chi connectivity index (χ3v) is 4.94. The Hall–Kier alpha value is -3.23. The van der Waals surface area contributed by atoms with Gasteiger partial charge in [-0.3, -0.25) is 4.79 Å². The molecule has 1 aliphatic heterocycles. The lowest BCUT2D eigenvalue weighted by Crippen LogP contribution is -2.39. The van der Waals surface area contributed by atoms with Crippen molar-refractivity contribution < 1.29 is 14.1 Å². The first kappa shape index (κ1) is 19.1. The highest BCUT2D eigenvalue weighted by atomic mass is 16.5. The molecule has 0 bridgehead atoms. The van der Waals surface area contributed by atoms with Gasteiger partial charge in [-0.25, -0.2) is 4.68 Å². The number of aromatic nitrogens is 5. The van der Waals surface area contributed by atoms with Gasteiger partial charge in [0.05, 0.1) is 12.2 Å². The standard InChI is InChI=1S/C20H24N6O3/c1-13(2)18-21-19(29-23-18)17-12-26(24-22-17)15-9-10-25(11-15)20(27)14(3)28-16-7-5-4-6-8-16/h4-8,12-15H,9-11H2,1-3H3/t14-,15+/m1/s1. The molecule has 3 heterocycles.